The molecule has 14 nitrogen and oxygen atoms in total. The van der Waals surface area contributed by atoms with E-state index in [2.05, 4.69) is 19.9 Å². The highest BCUT2D eigenvalue weighted by Crippen LogP contribution is 2.50. The number of aryl methyl sites for hydroxylation is 1. The van der Waals surface area contributed by atoms with Crippen LogP contribution in [0.25, 0.3) is 22.2 Å². The second kappa shape index (κ2) is 15.3. The van der Waals surface area contributed by atoms with Crippen LogP contribution in [0, 0.1) is 12.7 Å². The Bertz CT molecular complexity index is 2640. The number of rotatable bonds is 9. The van der Waals surface area contributed by atoms with E-state index in [0.29, 0.717) is 28.9 Å². The summed E-state index contributed by atoms with van der Waals surface area (Å²) in [5.74, 6) is -2.28. The van der Waals surface area contributed by atoms with E-state index >= 15 is 30.7 Å². The van der Waals surface area contributed by atoms with Crippen LogP contribution in [0.4, 0.5) is 47.2 Å². The standard InChI is InChI=1S/C40H36F7N7O7S/c1-19-29(39(42,43)44)25(15-27(48-19)52(16-20-5-10-23(59-2)11-6-20)17-21-7-12-24(60-3)13-8-21)31-30(41)32-28-35(51-37(50-32)62(4,57)58)53-18-22-9-14-26(54(22)38(55)56)33(53)34(40(45,46)47)61-36(28)49-31/h5-8,10-13,15,22,26,33-34H,9,14,16-18H2,1-4H3,(H,55,56). The number of hydrogen-bond acceptors (Lipinski definition) is 12. The minimum Gasteiger partial charge on any atom is -0.497 e. The molecule has 2 fully saturated rings. The third-order valence-electron chi connectivity index (χ3n) is 11.2. The number of amides is 1. The Morgan fingerprint density at radius 2 is 1.52 bits per heavy atom. The van der Waals surface area contributed by atoms with Crippen molar-refractivity contribution in [2.24, 2.45) is 0 Å². The number of fused-ring (bicyclic) bond motifs is 5. The van der Waals surface area contributed by atoms with Gasteiger partial charge in [0.15, 0.2) is 5.82 Å². The minimum absolute atomic E-state index is 0.0313. The Morgan fingerprint density at radius 3 is 2.03 bits per heavy atom. The van der Waals surface area contributed by atoms with E-state index in [1.54, 1.807) is 53.4 Å². The third-order valence-corrected chi connectivity index (χ3v) is 12.1. The number of hydrogen-bond donors (Lipinski definition) is 1. The average molecular weight is 892 g/mol. The molecule has 3 aromatic heterocycles. The lowest BCUT2D eigenvalue weighted by Crippen LogP contribution is -2.67. The Hall–Kier alpha value is -6.19. The lowest BCUT2D eigenvalue weighted by Gasteiger charge is -2.47. The normalized spacial score (nSPS) is 19.8. The molecule has 5 aromatic rings. The summed E-state index contributed by atoms with van der Waals surface area (Å²) in [4.78, 5) is 32.2. The predicted molar refractivity (Wildman–Crippen MR) is 208 cm³/mol. The van der Waals surface area contributed by atoms with Gasteiger partial charge >= 0.3 is 18.4 Å². The molecular weight excluding hydrogens is 856 g/mol. The molecule has 8 rings (SSSR count). The maximum atomic E-state index is 17.4. The molecule has 1 N–H and O–H groups in total. The molecular formula is C40H36F7N7O7S. The first-order valence-electron chi connectivity index (χ1n) is 18.9. The van der Waals surface area contributed by atoms with Crippen molar-refractivity contribution in [3.8, 4) is 28.6 Å². The van der Waals surface area contributed by atoms with Crippen LogP contribution >= 0.6 is 0 Å². The predicted octanol–water partition coefficient (Wildman–Crippen LogP) is 7.20. The second-order valence-corrected chi connectivity index (χ2v) is 17.1. The zero-order valence-corrected chi connectivity index (χ0v) is 33.9. The second-order valence-electron chi connectivity index (χ2n) is 15.2. The summed E-state index contributed by atoms with van der Waals surface area (Å²) in [5.41, 5.74) is -3.93. The summed E-state index contributed by atoms with van der Waals surface area (Å²) in [6.45, 7) is 0.653. The first kappa shape index (κ1) is 42.5. The number of carboxylic acid groups (broad SMARTS) is 1. The number of sulfone groups is 1. The maximum absolute atomic E-state index is 17.4. The van der Waals surface area contributed by atoms with Gasteiger partial charge in [0.1, 0.15) is 39.7 Å². The quantitative estimate of drug-likeness (QED) is 0.117. The number of aromatic nitrogens is 4. The van der Waals surface area contributed by atoms with Crippen molar-refractivity contribution in [1.29, 1.82) is 0 Å². The number of methoxy groups -OCH3 is 2. The fourth-order valence-electron chi connectivity index (χ4n) is 8.55. The number of alkyl halides is 6. The van der Waals surface area contributed by atoms with Crippen molar-refractivity contribution in [2.45, 2.75) is 74.6 Å². The Kier molecular flexibility index (Phi) is 10.5. The molecule has 62 heavy (non-hydrogen) atoms. The highest BCUT2D eigenvalue weighted by molar-refractivity contribution is 7.90. The van der Waals surface area contributed by atoms with Crippen LogP contribution in [0.2, 0.25) is 0 Å². The molecule has 4 atom stereocenters. The number of benzene rings is 2. The molecule has 0 radical (unpaired) electrons. The van der Waals surface area contributed by atoms with Gasteiger partial charge in [0.2, 0.25) is 27.0 Å². The van der Waals surface area contributed by atoms with Crippen LogP contribution in [0.15, 0.2) is 59.8 Å². The van der Waals surface area contributed by atoms with Crippen LogP contribution in [0.3, 0.4) is 0 Å². The molecule has 0 saturated carbocycles. The minimum atomic E-state index is -5.28. The molecule has 1 amide bonds. The Labute approximate surface area is 348 Å². The van der Waals surface area contributed by atoms with Gasteiger partial charge in [0, 0.05) is 31.5 Å². The molecule has 4 unspecified atom stereocenters. The maximum Gasteiger partial charge on any atom is 0.427 e. The van der Waals surface area contributed by atoms with Gasteiger partial charge in [0.25, 0.3) is 0 Å². The van der Waals surface area contributed by atoms with Gasteiger partial charge < -0.3 is 29.1 Å². The summed E-state index contributed by atoms with van der Waals surface area (Å²) in [7, 11) is -1.53. The topological polar surface area (TPSA) is 160 Å². The Morgan fingerprint density at radius 1 is 0.919 bits per heavy atom. The SMILES string of the molecule is COc1ccc(CN(Cc2ccc(OC)cc2)c2cc(-c3nc4c5c(nc(S(C)(=O)=O)nc5c3F)N3CC5CCC(C3C(C(F)(F)F)O4)N5C(=O)O)c(C(F)(F)F)c(C)n2)cc1. The highest BCUT2D eigenvalue weighted by Gasteiger charge is 2.61. The van der Waals surface area contributed by atoms with Gasteiger partial charge in [-0.05, 0) is 61.2 Å². The first-order chi connectivity index (χ1) is 29.2. The molecule has 6 heterocycles. The molecule has 22 heteroatoms. The van der Waals surface area contributed by atoms with Crippen molar-refractivity contribution in [1.82, 2.24) is 24.8 Å². The smallest absolute Gasteiger partial charge is 0.427 e. The molecule has 0 spiro atoms. The van der Waals surface area contributed by atoms with Crippen molar-refractivity contribution in [2.75, 3.05) is 36.8 Å². The first-order valence-corrected chi connectivity index (χ1v) is 20.8. The van der Waals surface area contributed by atoms with Crippen LogP contribution < -0.4 is 24.0 Å². The van der Waals surface area contributed by atoms with Crippen molar-refractivity contribution < 1.29 is 63.3 Å². The van der Waals surface area contributed by atoms with Crippen LogP contribution in [0.1, 0.15) is 35.2 Å². The van der Waals surface area contributed by atoms with Gasteiger partial charge in [-0.15, -0.1) is 0 Å². The van der Waals surface area contributed by atoms with Crippen molar-refractivity contribution >= 4 is 38.5 Å². The summed E-state index contributed by atoms with van der Waals surface area (Å²) in [6.07, 6.45) is -14.2. The van der Waals surface area contributed by atoms with Gasteiger partial charge in [-0.3, -0.25) is 4.90 Å². The number of nitrogens with zero attached hydrogens (tertiary/aromatic N) is 7. The summed E-state index contributed by atoms with van der Waals surface area (Å²) < 4.78 is 151. The van der Waals surface area contributed by atoms with Crippen LogP contribution in [0.5, 0.6) is 17.4 Å². The molecule has 3 aliphatic rings. The fraction of sp³-hybridized carbons (Fsp3) is 0.375. The van der Waals surface area contributed by atoms with E-state index in [-0.39, 0.29) is 31.7 Å². The highest BCUT2D eigenvalue weighted by atomic mass is 32.2. The molecule has 3 aliphatic heterocycles. The lowest BCUT2D eigenvalue weighted by atomic mass is 9.96. The summed E-state index contributed by atoms with van der Waals surface area (Å²) in [6, 6.07) is 10.3. The van der Waals surface area contributed by atoms with E-state index in [4.69, 9.17) is 14.2 Å². The zero-order valence-electron chi connectivity index (χ0n) is 33.1. The van der Waals surface area contributed by atoms with Crippen LogP contribution in [-0.4, -0.2) is 102 Å². The molecule has 2 bridgehead atoms. The average Bonchev–Trinajstić information content (AvgIpc) is 3.45. The molecule has 328 valence electrons. The van der Waals surface area contributed by atoms with Gasteiger partial charge in [-0.25, -0.2) is 37.5 Å². The van der Waals surface area contributed by atoms with Crippen molar-refractivity contribution in [3.63, 3.8) is 0 Å². The van der Waals surface area contributed by atoms with E-state index in [1.807, 2.05) is 0 Å². The number of anilines is 2. The summed E-state index contributed by atoms with van der Waals surface area (Å²) >= 11 is 0. The molecule has 2 aromatic carbocycles. The van der Waals surface area contributed by atoms with E-state index < -0.39 is 115 Å². The Balaban J connectivity index is 1.37. The third kappa shape index (κ3) is 7.57. The lowest BCUT2D eigenvalue weighted by molar-refractivity contribution is -0.206. The largest absolute Gasteiger partial charge is 0.497 e. The van der Waals surface area contributed by atoms with E-state index in [9.17, 15) is 18.3 Å². The number of halogens is 7. The van der Waals surface area contributed by atoms with Gasteiger partial charge in [-0.1, -0.05) is 24.3 Å². The van der Waals surface area contributed by atoms with Gasteiger partial charge in [0.05, 0.1) is 43.6 Å². The zero-order chi connectivity index (χ0) is 44.6. The van der Waals surface area contributed by atoms with Crippen LogP contribution in [-0.2, 0) is 29.1 Å². The number of piperazine rings is 1. The number of pyridine rings is 2. The van der Waals surface area contributed by atoms with Crippen molar-refractivity contribution in [3.05, 3.63) is 82.8 Å². The summed E-state index contributed by atoms with van der Waals surface area (Å²) in [5, 5.41) is 8.35. The monoisotopic (exact) mass is 891 g/mol. The number of carbonyl (C=O) groups is 1. The number of ether oxygens (including phenoxy) is 3. The van der Waals surface area contributed by atoms with Gasteiger partial charge in [-0.2, -0.15) is 26.3 Å². The fourth-order valence-corrected chi connectivity index (χ4v) is 9.06. The molecule has 2 saturated heterocycles. The van der Waals surface area contributed by atoms with E-state index in [0.717, 1.165) is 22.8 Å². The van der Waals surface area contributed by atoms with E-state index in [1.165, 1.54) is 14.2 Å². The molecule has 0 aliphatic carbocycles.